The molecule has 2 rings (SSSR count). The van der Waals surface area contributed by atoms with Gasteiger partial charge in [0, 0.05) is 23.0 Å². The van der Waals surface area contributed by atoms with E-state index in [1.165, 1.54) is 22.1 Å². The van der Waals surface area contributed by atoms with Gasteiger partial charge in [-0.3, -0.25) is 4.98 Å². The molecular formula is C16H22N2. The van der Waals surface area contributed by atoms with Crippen LogP contribution in [0.2, 0.25) is 0 Å². The highest BCUT2D eigenvalue weighted by atomic mass is 14.7. The average molecular weight is 242 g/mol. The molecule has 1 heterocycles. The first kappa shape index (κ1) is 13.0. The molecule has 2 heteroatoms. The summed E-state index contributed by atoms with van der Waals surface area (Å²) < 4.78 is 0. The number of hydrogen-bond acceptors (Lipinski definition) is 2. The Kier molecular flexibility index (Phi) is 3.16. The van der Waals surface area contributed by atoms with Crippen LogP contribution in [0, 0.1) is 20.8 Å². The van der Waals surface area contributed by atoms with Crippen LogP contribution in [0.15, 0.2) is 18.2 Å². The van der Waals surface area contributed by atoms with Crippen molar-refractivity contribution in [3.05, 3.63) is 40.6 Å². The van der Waals surface area contributed by atoms with Crippen LogP contribution in [0.3, 0.4) is 0 Å². The first-order valence-corrected chi connectivity index (χ1v) is 6.45. The van der Waals surface area contributed by atoms with Gasteiger partial charge in [0.1, 0.15) is 0 Å². The highest BCUT2D eigenvalue weighted by Crippen LogP contribution is 2.29. The second-order valence-electron chi connectivity index (χ2n) is 5.84. The minimum Gasteiger partial charge on any atom is -0.330 e. The molecule has 0 bridgehead atoms. The van der Waals surface area contributed by atoms with E-state index in [9.17, 15) is 0 Å². The molecule has 0 unspecified atom stereocenters. The third kappa shape index (κ3) is 2.01. The quantitative estimate of drug-likeness (QED) is 0.876. The van der Waals surface area contributed by atoms with Gasteiger partial charge in [0.05, 0.1) is 5.52 Å². The molecule has 0 fully saturated rings. The Bertz CT molecular complexity index is 598. The summed E-state index contributed by atoms with van der Waals surface area (Å²) >= 11 is 0. The lowest BCUT2D eigenvalue weighted by molar-refractivity contribution is 0.523. The fourth-order valence-corrected chi connectivity index (χ4v) is 2.32. The summed E-state index contributed by atoms with van der Waals surface area (Å²) in [4.78, 5) is 4.86. The van der Waals surface area contributed by atoms with Crippen LogP contribution < -0.4 is 5.73 Å². The number of rotatable bonds is 2. The maximum absolute atomic E-state index is 5.86. The van der Waals surface area contributed by atoms with Crippen LogP contribution in [-0.4, -0.2) is 11.5 Å². The maximum Gasteiger partial charge on any atom is 0.0740 e. The number of nitrogens with two attached hydrogens (primary N) is 1. The molecule has 0 atom stereocenters. The normalized spacial score (nSPS) is 12.1. The van der Waals surface area contributed by atoms with Crippen molar-refractivity contribution < 1.29 is 0 Å². The molecule has 0 saturated heterocycles. The lowest BCUT2D eigenvalue weighted by atomic mass is 9.87. The Morgan fingerprint density at radius 2 is 1.67 bits per heavy atom. The zero-order chi connectivity index (χ0) is 13.5. The number of aryl methyl sites for hydroxylation is 3. The molecule has 0 radical (unpaired) electrons. The Balaban J connectivity index is 2.81. The summed E-state index contributed by atoms with van der Waals surface area (Å²) in [6, 6.07) is 6.49. The van der Waals surface area contributed by atoms with E-state index in [4.69, 9.17) is 10.7 Å². The van der Waals surface area contributed by atoms with E-state index >= 15 is 0 Å². The number of fused-ring (bicyclic) bond motifs is 1. The number of aromatic nitrogens is 1. The van der Waals surface area contributed by atoms with Crippen molar-refractivity contribution in [2.45, 2.75) is 40.0 Å². The number of benzene rings is 1. The summed E-state index contributed by atoms with van der Waals surface area (Å²) in [5.74, 6) is 0. The van der Waals surface area contributed by atoms with Crippen molar-refractivity contribution in [2.24, 2.45) is 5.73 Å². The lowest BCUT2D eigenvalue weighted by Gasteiger charge is -2.23. The summed E-state index contributed by atoms with van der Waals surface area (Å²) in [6.07, 6.45) is 0. The fraction of sp³-hybridized carbons (Fsp3) is 0.438. The Labute approximate surface area is 109 Å². The van der Waals surface area contributed by atoms with Crippen molar-refractivity contribution in [3.63, 3.8) is 0 Å². The molecule has 0 spiro atoms. The Morgan fingerprint density at radius 3 is 2.28 bits per heavy atom. The largest absolute Gasteiger partial charge is 0.330 e. The van der Waals surface area contributed by atoms with Gasteiger partial charge in [-0.15, -0.1) is 0 Å². The summed E-state index contributed by atoms with van der Waals surface area (Å²) in [5, 5.41) is 1.28. The van der Waals surface area contributed by atoms with Gasteiger partial charge in [0.15, 0.2) is 0 Å². The molecular weight excluding hydrogens is 220 g/mol. The Hall–Kier alpha value is -1.41. The second kappa shape index (κ2) is 4.36. The van der Waals surface area contributed by atoms with Crippen LogP contribution >= 0.6 is 0 Å². The van der Waals surface area contributed by atoms with Gasteiger partial charge >= 0.3 is 0 Å². The maximum atomic E-state index is 5.86. The van der Waals surface area contributed by atoms with E-state index in [1.54, 1.807) is 0 Å². The van der Waals surface area contributed by atoms with Gasteiger partial charge in [0.2, 0.25) is 0 Å². The SMILES string of the molecule is Cc1ccc(C)c2c(C)cc(C(C)(C)CN)nc12. The molecule has 18 heavy (non-hydrogen) atoms. The van der Waals surface area contributed by atoms with Gasteiger partial charge < -0.3 is 5.73 Å². The van der Waals surface area contributed by atoms with E-state index < -0.39 is 0 Å². The molecule has 1 aromatic carbocycles. The van der Waals surface area contributed by atoms with E-state index in [2.05, 4.69) is 52.8 Å². The third-order valence-electron chi connectivity index (χ3n) is 3.77. The molecule has 0 saturated carbocycles. The van der Waals surface area contributed by atoms with Gasteiger partial charge in [-0.25, -0.2) is 0 Å². The van der Waals surface area contributed by atoms with E-state index in [1.807, 2.05) is 0 Å². The predicted molar refractivity (Wildman–Crippen MR) is 78.0 cm³/mol. The fourth-order valence-electron chi connectivity index (χ4n) is 2.32. The number of hydrogen-bond donors (Lipinski definition) is 1. The van der Waals surface area contributed by atoms with Crippen molar-refractivity contribution in [2.75, 3.05) is 6.54 Å². The standard InChI is InChI=1S/C16H22N2/c1-10-6-7-11(2)15-14(10)12(3)8-13(18-15)16(4,5)9-17/h6-8H,9,17H2,1-5H3. The van der Waals surface area contributed by atoms with Crippen molar-refractivity contribution in [1.29, 1.82) is 0 Å². The molecule has 2 aromatic rings. The summed E-state index contributed by atoms with van der Waals surface area (Å²) in [6.45, 7) is 11.3. The molecule has 2 nitrogen and oxygen atoms in total. The second-order valence-corrected chi connectivity index (χ2v) is 5.84. The van der Waals surface area contributed by atoms with Crippen molar-refractivity contribution in [3.8, 4) is 0 Å². The highest BCUT2D eigenvalue weighted by Gasteiger charge is 2.21. The molecule has 0 aliphatic rings. The van der Waals surface area contributed by atoms with E-state index in [0.717, 1.165) is 11.2 Å². The van der Waals surface area contributed by atoms with Crippen LogP contribution in [-0.2, 0) is 5.41 Å². The van der Waals surface area contributed by atoms with E-state index in [-0.39, 0.29) is 5.41 Å². The molecule has 96 valence electrons. The third-order valence-corrected chi connectivity index (χ3v) is 3.77. The molecule has 0 aliphatic carbocycles. The topological polar surface area (TPSA) is 38.9 Å². The summed E-state index contributed by atoms with van der Waals surface area (Å²) in [7, 11) is 0. The molecule has 0 aliphatic heterocycles. The average Bonchev–Trinajstić information content (AvgIpc) is 2.33. The van der Waals surface area contributed by atoms with Crippen LogP contribution in [0.5, 0.6) is 0 Å². The van der Waals surface area contributed by atoms with Crippen LogP contribution in [0.25, 0.3) is 10.9 Å². The van der Waals surface area contributed by atoms with Crippen molar-refractivity contribution >= 4 is 10.9 Å². The van der Waals surface area contributed by atoms with E-state index in [0.29, 0.717) is 6.54 Å². The van der Waals surface area contributed by atoms with Gasteiger partial charge in [-0.1, -0.05) is 26.0 Å². The zero-order valence-corrected chi connectivity index (χ0v) is 12.0. The van der Waals surface area contributed by atoms with Gasteiger partial charge in [0.25, 0.3) is 0 Å². The first-order chi connectivity index (χ1) is 8.36. The van der Waals surface area contributed by atoms with Crippen LogP contribution in [0.4, 0.5) is 0 Å². The molecule has 1 aromatic heterocycles. The predicted octanol–water partition coefficient (Wildman–Crippen LogP) is 3.40. The smallest absolute Gasteiger partial charge is 0.0740 e. The number of pyridine rings is 1. The molecule has 0 amide bonds. The Morgan fingerprint density at radius 1 is 1.06 bits per heavy atom. The summed E-state index contributed by atoms with van der Waals surface area (Å²) in [5.41, 5.74) is 11.8. The minimum atomic E-state index is -0.0743. The van der Waals surface area contributed by atoms with Gasteiger partial charge in [-0.2, -0.15) is 0 Å². The van der Waals surface area contributed by atoms with Crippen LogP contribution in [0.1, 0.15) is 36.2 Å². The van der Waals surface area contributed by atoms with Gasteiger partial charge in [-0.05, 0) is 43.5 Å². The van der Waals surface area contributed by atoms with Crippen molar-refractivity contribution in [1.82, 2.24) is 4.98 Å². The first-order valence-electron chi connectivity index (χ1n) is 6.45. The lowest BCUT2D eigenvalue weighted by Crippen LogP contribution is -2.29. The monoisotopic (exact) mass is 242 g/mol. The number of nitrogens with zero attached hydrogens (tertiary/aromatic N) is 1. The highest BCUT2D eigenvalue weighted by molar-refractivity contribution is 5.88. The molecule has 2 N–H and O–H groups in total. The zero-order valence-electron chi connectivity index (χ0n) is 12.0. The minimum absolute atomic E-state index is 0.0743.